The Bertz CT molecular complexity index is 6390. The summed E-state index contributed by atoms with van der Waals surface area (Å²) in [6.45, 7) is 0. The van der Waals surface area contributed by atoms with Crippen LogP contribution in [0.25, 0.3) is 87.2 Å². The lowest BCUT2D eigenvalue weighted by Gasteiger charge is -2.06. The summed E-state index contributed by atoms with van der Waals surface area (Å²) in [7, 11) is 14.3. The SMILES string of the molecule is COc1ccc2c(Cl)cc(Cl)nc2c1.COc1ccc2c(Cl)cc(Cl)nc2c1.COc1ccc2c(Cl)cc(Cl)nc2c1.COc1ccc2c(O)cc(=O)[nH]c2c1.COc1cccc(N)c1.COc1cccc2[nH]c(=O)cc(O)c12.COc1cccc2nc(Cl)cc(Cl)c12.COc1cccc2nc(Cl)cc(Cl)c12.COc1cccc2nc(Cl)cc(Cl)c12.O=P(Cl)(Cl)Cl. The van der Waals surface area contributed by atoms with Crippen LogP contribution in [-0.2, 0) is 4.57 Å². The first-order chi connectivity index (χ1) is 60.0. The Kier molecular flexibility index (Phi) is 39.3. The summed E-state index contributed by atoms with van der Waals surface area (Å²) in [6.07, 6.45) is 0. The number of benzene rings is 9. The number of methoxy groups -OCH3 is 9. The summed E-state index contributed by atoms with van der Waals surface area (Å²) in [6, 6.07) is 62.6. The molecule has 0 saturated carbocycles. The van der Waals surface area contributed by atoms with Crippen LogP contribution >= 0.6 is 178 Å². The molecule has 0 aliphatic heterocycles. The van der Waals surface area contributed by atoms with Crippen LogP contribution in [0, 0.1) is 0 Å². The van der Waals surface area contributed by atoms with E-state index in [1.54, 1.807) is 154 Å². The Morgan fingerprint density at radius 1 is 0.286 bits per heavy atom. The number of H-pyrrole nitrogens is 2. The highest BCUT2D eigenvalue weighted by molar-refractivity contribution is 8.24. The average molecular weight is 2030 g/mol. The fourth-order valence-electron chi connectivity index (χ4n) is 11.3. The molecule has 17 aromatic rings. The number of fused-ring (bicyclic) bond motifs is 8. The number of aromatic amines is 2. The lowest BCUT2D eigenvalue weighted by molar-refractivity contribution is 0.415. The Hall–Kier alpha value is -9.96. The Morgan fingerprint density at radius 2 is 0.556 bits per heavy atom. The fraction of sp³-hybridized carbons (Fsp3) is 0.103. The van der Waals surface area contributed by atoms with Crippen molar-refractivity contribution >= 4 is 271 Å². The molecule has 656 valence electrons. The number of hydrogen-bond acceptors (Lipinski definition) is 21. The maximum absolute atomic E-state index is 11.0. The van der Waals surface area contributed by atoms with Crippen molar-refractivity contribution in [2.75, 3.05) is 69.7 Å². The predicted molar refractivity (Wildman–Crippen MR) is 518 cm³/mol. The normalized spacial score (nSPS) is 10.4. The molecular formula is C87H69Cl15N9O14P. The Morgan fingerprint density at radius 3 is 0.873 bits per heavy atom. The van der Waals surface area contributed by atoms with Crippen LogP contribution in [0.3, 0.4) is 0 Å². The van der Waals surface area contributed by atoms with Crippen molar-refractivity contribution in [2.45, 2.75) is 0 Å². The third-order valence-electron chi connectivity index (χ3n) is 16.8. The first kappa shape index (κ1) is 101. The van der Waals surface area contributed by atoms with E-state index >= 15 is 0 Å². The summed E-state index contributed by atoms with van der Waals surface area (Å²) >= 11 is 84.7. The molecule has 0 bridgehead atoms. The Labute approximate surface area is 794 Å². The predicted octanol–water partition coefficient (Wildman–Crippen LogP) is 27.9. The van der Waals surface area contributed by atoms with Crippen LogP contribution < -0.4 is 59.5 Å². The number of aromatic hydroxyl groups is 2. The van der Waals surface area contributed by atoms with Crippen LogP contribution in [-0.4, -0.2) is 114 Å². The van der Waals surface area contributed by atoms with Crippen molar-refractivity contribution in [3.8, 4) is 63.2 Å². The third-order valence-corrected chi connectivity index (χ3v) is 19.8. The first-order valence-corrected chi connectivity index (χ1v) is 44.6. The van der Waals surface area contributed by atoms with Gasteiger partial charge >= 0.3 is 5.20 Å². The number of nitrogens with zero attached hydrogens (tertiary/aromatic N) is 6. The molecule has 8 aromatic heterocycles. The van der Waals surface area contributed by atoms with Crippen LogP contribution in [0.5, 0.6) is 63.2 Å². The zero-order valence-corrected chi connectivity index (χ0v) is 79.2. The largest absolute Gasteiger partial charge is 0.507 e. The highest BCUT2D eigenvalue weighted by atomic mass is 36.0. The van der Waals surface area contributed by atoms with E-state index in [9.17, 15) is 24.4 Å². The molecule has 39 heteroatoms. The maximum Gasteiger partial charge on any atom is 0.339 e. The van der Waals surface area contributed by atoms with E-state index in [0.29, 0.717) is 112 Å². The molecule has 17 rings (SSSR count). The summed E-state index contributed by atoms with van der Waals surface area (Å²) in [5.41, 5.74) is 11.1. The number of hydrogen-bond donors (Lipinski definition) is 5. The topological polar surface area (TPSA) is 310 Å². The minimum atomic E-state index is -3.22. The van der Waals surface area contributed by atoms with Crippen molar-refractivity contribution in [2.24, 2.45) is 0 Å². The number of halogens is 15. The van der Waals surface area contributed by atoms with Gasteiger partial charge in [-0.2, -0.15) is 0 Å². The van der Waals surface area contributed by atoms with E-state index < -0.39 is 5.20 Å². The van der Waals surface area contributed by atoms with Crippen molar-refractivity contribution in [3.63, 3.8) is 0 Å². The second kappa shape index (κ2) is 48.8. The number of aromatic nitrogens is 8. The van der Waals surface area contributed by atoms with Gasteiger partial charge < -0.3 is 68.5 Å². The lowest BCUT2D eigenvalue weighted by atomic mass is 10.2. The average Bonchev–Trinajstić information content (AvgIpc) is 0.823. The molecule has 0 atom stereocenters. The van der Waals surface area contributed by atoms with Crippen LogP contribution in [0.15, 0.2) is 228 Å². The number of nitrogen functional groups attached to an aromatic ring is 1. The van der Waals surface area contributed by atoms with E-state index in [-0.39, 0.29) is 22.6 Å². The fourth-order valence-corrected chi connectivity index (χ4v) is 14.5. The molecule has 0 radical (unpaired) electrons. The van der Waals surface area contributed by atoms with Crippen molar-refractivity contribution in [1.29, 1.82) is 0 Å². The van der Waals surface area contributed by atoms with Gasteiger partial charge in [0, 0.05) is 69.7 Å². The maximum atomic E-state index is 11.0. The number of ether oxygens (including phenoxy) is 9. The minimum absolute atomic E-state index is 0.0218. The molecule has 6 N–H and O–H groups in total. The van der Waals surface area contributed by atoms with Gasteiger partial charge in [-0.15, -0.1) is 0 Å². The standard InChI is InChI=1S/6C10H7Cl2NO.2C10H9NO3.C7H9NO.Cl3OP/c3*1-14-6-2-3-7-8(11)5-10(12)13-9(7)4-6;3*1-14-8-4-2-3-7-10(8)6(11)5-9(12)13-7;1-14-6-2-3-7-8(4-6)11-10(13)5-9(7)12;1-14-8-4-2-3-6-10(8)7(12)5-9(13)11-6;1-9-7-4-2-3-6(8)5-7;1-5(2,3)4/h6*2-5H,1H3;2*2-5H,1H3,(H2,11,12,13);2-5H,8H2,1H3;. The van der Waals surface area contributed by atoms with Crippen LogP contribution in [0.2, 0.25) is 61.1 Å². The number of anilines is 1. The van der Waals surface area contributed by atoms with E-state index in [1.165, 1.54) is 7.11 Å². The summed E-state index contributed by atoms with van der Waals surface area (Å²) in [4.78, 5) is 52.2. The molecule has 0 amide bonds. The molecule has 0 aliphatic rings. The molecular weight excluding hydrogens is 1960 g/mol. The smallest absolute Gasteiger partial charge is 0.339 e. The van der Waals surface area contributed by atoms with Crippen LogP contribution in [0.4, 0.5) is 5.69 Å². The van der Waals surface area contributed by atoms with Gasteiger partial charge in [0.15, 0.2) is 0 Å². The van der Waals surface area contributed by atoms with E-state index in [1.807, 2.05) is 109 Å². The third kappa shape index (κ3) is 29.6. The Balaban J connectivity index is 0.000000175. The van der Waals surface area contributed by atoms with Crippen molar-refractivity contribution in [1.82, 2.24) is 39.9 Å². The minimum Gasteiger partial charge on any atom is -0.507 e. The summed E-state index contributed by atoms with van der Waals surface area (Å²) in [5.74, 6) is 6.22. The van der Waals surface area contributed by atoms with Gasteiger partial charge in [0.25, 0.3) is 11.1 Å². The van der Waals surface area contributed by atoms with Gasteiger partial charge in [0.2, 0.25) is 0 Å². The zero-order chi connectivity index (χ0) is 92.2. The van der Waals surface area contributed by atoms with Gasteiger partial charge in [-0.1, -0.05) is 170 Å². The van der Waals surface area contributed by atoms with Gasteiger partial charge in [0.05, 0.1) is 160 Å². The number of rotatable bonds is 9. The first-order valence-electron chi connectivity index (χ1n) is 35.7. The second-order valence-electron chi connectivity index (χ2n) is 24.8. The molecule has 0 unspecified atom stereocenters. The van der Waals surface area contributed by atoms with Gasteiger partial charge in [-0.3, -0.25) is 14.2 Å². The lowest BCUT2D eigenvalue weighted by Crippen LogP contribution is -2.03. The zero-order valence-electron chi connectivity index (χ0n) is 67.0. The van der Waals surface area contributed by atoms with Gasteiger partial charge in [-0.05, 0) is 179 Å². The van der Waals surface area contributed by atoms with Crippen LogP contribution in [0.1, 0.15) is 0 Å². The number of pyridine rings is 8. The molecule has 8 heterocycles. The second-order valence-corrected chi connectivity index (χ2v) is 36.2. The quantitative estimate of drug-likeness (QED) is 0.0509. The highest BCUT2D eigenvalue weighted by Crippen LogP contribution is 2.61. The molecule has 0 fully saturated rings. The van der Waals surface area contributed by atoms with E-state index in [0.717, 1.165) is 106 Å². The summed E-state index contributed by atoms with van der Waals surface area (Å²) in [5, 5.41) is 27.7. The monoisotopic (exact) mass is 2020 g/mol. The van der Waals surface area contributed by atoms with E-state index in [4.69, 9.17) is 188 Å². The van der Waals surface area contributed by atoms with Gasteiger partial charge in [-0.25, -0.2) is 29.9 Å². The number of nitrogens with two attached hydrogens (primary N) is 1. The van der Waals surface area contributed by atoms with Crippen molar-refractivity contribution in [3.05, 3.63) is 300 Å². The van der Waals surface area contributed by atoms with Gasteiger partial charge in [0.1, 0.15) is 94.2 Å². The van der Waals surface area contributed by atoms with Crippen molar-refractivity contribution < 1.29 is 57.4 Å². The molecule has 126 heavy (non-hydrogen) atoms. The van der Waals surface area contributed by atoms with E-state index in [2.05, 4.69) is 73.6 Å². The molecule has 0 aliphatic carbocycles. The molecule has 23 nitrogen and oxygen atoms in total. The number of nitrogens with one attached hydrogen (secondary N) is 2. The molecule has 0 spiro atoms. The molecule has 0 saturated heterocycles. The molecule has 9 aromatic carbocycles. The summed E-state index contributed by atoms with van der Waals surface area (Å²) < 4.78 is 55.3. The highest BCUT2D eigenvalue weighted by Gasteiger charge is 2.14.